The highest BCUT2D eigenvalue weighted by Gasteiger charge is 2.04. The minimum Gasteiger partial charge on any atom is -0.294 e. The molecule has 1 heteroatoms. The first-order chi connectivity index (χ1) is 5.76. The van der Waals surface area contributed by atoms with E-state index in [-0.39, 0.29) is 5.78 Å². The molecular weight excluding hydrogens is 148 g/mol. The molecule has 0 aliphatic heterocycles. The van der Waals surface area contributed by atoms with Gasteiger partial charge < -0.3 is 0 Å². The van der Waals surface area contributed by atoms with Crippen molar-refractivity contribution in [3.05, 3.63) is 17.9 Å². The van der Waals surface area contributed by atoms with Crippen LogP contribution in [-0.2, 0) is 4.79 Å². The van der Waals surface area contributed by atoms with E-state index in [9.17, 15) is 4.79 Å². The number of unbranched alkanes of at least 4 members (excludes halogenated alkanes) is 2. The van der Waals surface area contributed by atoms with E-state index >= 15 is 0 Å². The van der Waals surface area contributed by atoms with Crippen LogP contribution in [0.2, 0.25) is 0 Å². The van der Waals surface area contributed by atoms with E-state index < -0.39 is 0 Å². The molecule has 0 radical (unpaired) electrons. The van der Waals surface area contributed by atoms with Crippen LogP contribution in [0.1, 0.15) is 46.0 Å². The summed E-state index contributed by atoms with van der Waals surface area (Å²) in [5.41, 5.74) is 3.45. The summed E-state index contributed by atoms with van der Waals surface area (Å²) in [6.07, 6.45) is 4.72. The molecule has 0 aromatic carbocycles. The summed E-state index contributed by atoms with van der Waals surface area (Å²) in [7, 11) is 0. The van der Waals surface area contributed by atoms with Crippen molar-refractivity contribution in [2.45, 2.75) is 46.0 Å². The van der Waals surface area contributed by atoms with Crippen LogP contribution in [0.3, 0.4) is 0 Å². The average Bonchev–Trinajstić information content (AvgIpc) is 2.07. The van der Waals surface area contributed by atoms with Gasteiger partial charge in [0.2, 0.25) is 0 Å². The van der Waals surface area contributed by atoms with E-state index in [0.717, 1.165) is 31.3 Å². The zero-order chi connectivity index (χ0) is 9.40. The maximum Gasteiger partial charge on any atom is 0.166 e. The molecule has 12 heavy (non-hydrogen) atoms. The van der Waals surface area contributed by atoms with Gasteiger partial charge in [-0.3, -0.25) is 4.79 Å². The lowest BCUT2D eigenvalue weighted by atomic mass is 10.0. The van der Waals surface area contributed by atoms with Gasteiger partial charge in [-0.1, -0.05) is 33.3 Å². The van der Waals surface area contributed by atoms with E-state index in [1.807, 2.05) is 6.92 Å². The molecule has 0 saturated heterocycles. The molecule has 0 aliphatic carbocycles. The van der Waals surface area contributed by atoms with Crippen molar-refractivity contribution in [3.8, 4) is 0 Å². The number of Topliss-reactive ketones (excluding diaryl/α,β-unsaturated/α-hetero) is 1. The molecule has 0 spiro atoms. The van der Waals surface area contributed by atoms with Crippen LogP contribution in [0, 0.1) is 0 Å². The highest BCUT2D eigenvalue weighted by molar-refractivity contribution is 5.94. The van der Waals surface area contributed by atoms with Crippen molar-refractivity contribution in [3.63, 3.8) is 0 Å². The zero-order valence-electron chi connectivity index (χ0n) is 8.15. The van der Waals surface area contributed by atoms with Gasteiger partial charge in [-0.05, 0) is 12.8 Å². The van der Waals surface area contributed by atoms with Crippen molar-refractivity contribution in [2.24, 2.45) is 0 Å². The largest absolute Gasteiger partial charge is 0.294 e. The second-order valence-corrected chi connectivity index (χ2v) is 2.89. The Morgan fingerprint density at radius 2 is 2.00 bits per heavy atom. The third-order valence-electron chi connectivity index (χ3n) is 1.91. The summed E-state index contributed by atoms with van der Waals surface area (Å²) >= 11 is 0. The summed E-state index contributed by atoms with van der Waals surface area (Å²) < 4.78 is 0. The van der Waals surface area contributed by atoms with E-state index in [2.05, 4.69) is 19.2 Å². The number of hydrogen-bond acceptors (Lipinski definition) is 1. The first-order valence-corrected chi connectivity index (χ1v) is 4.68. The number of ketones is 1. The molecule has 68 valence electrons. The molecule has 1 nitrogen and oxygen atoms in total. The van der Waals surface area contributed by atoms with Gasteiger partial charge in [0.1, 0.15) is 0 Å². The standard InChI is InChI=1S/C11H18O/c1-4-7-8-9-11(12)10(5-2)6-3/h2,4,6-9H2,1,3H3. The molecule has 0 rings (SSSR count). The third kappa shape index (κ3) is 4.15. The Hall–Kier alpha value is -0.810. The summed E-state index contributed by atoms with van der Waals surface area (Å²) in [6.45, 7) is 7.60. The number of hydrogen-bond donors (Lipinski definition) is 0. The summed E-state index contributed by atoms with van der Waals surface area (Å²) in [5.74, 6) is 0.223. The summed E-state index contributed by atoms with van der Waals surface area (Å²) in [4.78, 5) is 11.3. The van der Waals surface area contributed by atoms with Gasteiger partial charge in [0.15, 0.2) is 5.78 Å². The number of carbonyl (C=O) groups is 1. The van der Waals surface area contributed by atoms with Crippen molar-refractivity contribution in [2.75, 3.05) is 0 Å². The fraction of sp³-hybridized carbons (Fsp3) is 0.636. The highest BCUT2D eigenvalue weighted by Crippen LogP contribution is 2.07. The lowest BCUT2D eigenvalue weighted by Gasteiger charge is -1.99. The predicted octanol–water partition coefficient (Wildman–Crippen LogP) is 3.26. The van der Waals surface area contributed by atoms with E-state index in [4.69, 9.17) is 0 Å². The minimum atomic E-state index is 0.223. The quantitative estimate of drug-likeness (QED) is 0.336. The molecule has 0 N–H and O–H groups in total. The maximum atomic E-state index is 11.3. The molecular formula is C11H18O. The van der Waals surface area contributed by atoms with Crippen LogP contribution in [0.5, 0.6) is 0 Å². The van der Waals surface area contributed by atoms with Crippen molar-refractivity contribution < 1.29 is 4.79 Å². The second-order valence-electron chi connectivity index (χ2n) is 2.89. The highest BCUT2D eigenvalue weighted by atomic mass is 16.1. The van der Waals surface area contributed by atoms with Gasteiger partial charge >= 0.3 is 0 Å². The molecule has 0 saturated carbocycles. The van der Waals surface area contributed by atoms with Crippen LogP contribution < -0.4 is 0 Å². The predicted molar refractivity (Wildman–Crippen MR) is 52.1 cm³/mol. The van der Waals surface area contributed by atoms with Crippen molar-refractivity contribution >= 4 is 5.78 Å². The summed E-state index contributed by atoms with van der Waals surface area (Å²) in [6, 6.07) is 0. The normalized spacial score (nSPS) is 9.17. The van der Waals surface area contributed by atoms with E-state index in [1.54, 1.807) is 0 Å². The van der Waals surface area contributed by atoms with Crippen LogP contribution in [0.4, 0.5) is 0 Å². The Bertz CT molecular complexity index is 185. The van der Waals surface area contributed by atoms with Crippen LogP contribution in [-0.4, -0.2) is 5.78 Å². The Labute approximate surface area is 75.2 Å². The minimum absolute atomic E-state index is 0.223. The van der Waals surface area contributed by atoms with E-state index in [0.29, 0.717) is 6.42 Å². The Balaban J connectivity index is 3.79. The molecule has 0 unspecified atom stereocenters. The number of allylic oxidation sites excluding steroid dienone is 1. The molecule has 0 aromatic heterocycles. The SMILES string of the molecule is C=C=C(CC)C(=O)CCCCC. The van der Waals surface area contributed by atoms with Gasteiger partial charge in [0, 0.05) is 12.0 Å². The van der Waals surface area contributed by atoms with Gasteiger partial charge in [-0.15, -0.1) is 5.73 Å². The molecule has 0 bridgehead atoms. The van der Waals surface area contributed by atoms with Gasteiger partial charge in [0.25, 0.3) is 0 Å². The third-order valence-corrected chi connectivity index (χ3v) is 1.91. The van der Waals surface area contributed by atoms with Crippen LogP contribution >= 0.6 is 0 Å². The lowest BCUT2D eigenvalue weighted by molar-refractivity contribution is -0.115. The summed E-state index contributed by atoms with van der Waals surface area (Å²) in [5, 5.41) is 0. The van der Waals surface area contributed by atoms with Crippen LogP contribution in [0.25, 0.3) is 0 Å². The Morgan fingerprint density at radius 3 is 2.42 bits per heavy atom. The fourth-order valence-electron chi connectivity index (χ4n) is 1.11. The molecule has 0 aromatic rings. The molecule has 0 aliphatic rings. The molecule has 0 amide bonds. The van der Waals surface area contributed by atoms with Crippen molar-refractivity contribution in [1.29, 1.82) is 0 Å². The van der Waals surface area contributed by atoms with Crippen molar-refractivity contribution in [1.82, 2.24) is 0 Å². The first-order valence-electron chi connectivity index (χ1n) is 4.68. The Kier molecular flexibility index (Phi) is 6.41. The van der Waals surface area contributed by atoms with E-state index in [1.165, 1.54) is 0 Å². The van der Waals surface area contributed by atoms with Gasteiger partial charge in [0.05, 0.1) is 0 Å². The molecule has 0 heterocycles. The van der Waals surface area contributed by atoms with Gasteiger partial charge in [-0.25, -0.2) is 0 Å². The number of rotatable bonds is 6. The first kappa shape index (κ1) is 11.2. The van der Waals surface area contributed by atoms with Gasteiger partial charge in [-0.2, -0.15) is 0 Å². The monoisotopic (exact) mass is 166 g/mol. The molecule has 0 atom stereocenters. The fourth-order valence-corrected chi connectivity index (χ4v) is 1.11. The zero-order valence-corrected chi connectivity index (χ0v) is 8.15. The topological polar surface area (TPSA) is 17.1 Å². The maximum absolute atomic E-state index is 11.3. The lowest BCUT2D eigenvalue weighted by Crippen LogP contribution is -2.00. The second kappa shape index (κ2) is 6.87. The molecule has 0 fully saturated rings. The van der Waals surface area contributed by atoms with Crippen LogP contribution in [0.15, 0.2) is 17.9 Å². The average molecular weight is 166 g/mol. The Morgan fingerprint density at radius 1 is 1.33 bits per heavy atom. The number of carbonyl (C=O) groups excluding carboxylic acids is 1. The smallest absolute Gasteiger partial charge is 0.166 e.